The second-order valence-electron chi connectivity index (χ2n) is 4.43. The van der Waals surface area contributed by atoms with Crippen molar-refractivity contribution in [2.75, 3.05) is 30.8 Å². The smallest absolute Gasteiger partial charge is 0.0639 e. The molecule has 0 aliphatic carbocycles. The summed E-state index contributed by atoms with van der Waals surface area (Å²) in [5.41, 5.74) is 8.87. The van der Waals surface area contributed by atoms with Crippen LogP contribution < -0.4 is 11.1 Å². The van der Waals surface area contributed by atoms with Gasteiger partial charge in [-0.15, -0.1) is 0 Å². The maximum absolute atomic E-state index is 5.94. The highest BCUT2D eigenvalue weighted by atomic mass is 16.5. The molecule has 0 atom stereocenters. The minimum absolute atomic E-state index is 0.587. The molecule has 0 saturated heterocycles. The van der Waals surface area contributed by atoms with Gasteiger partial charge in [-0.25, -0.2) is 0 Å². The number of anilines is 2. The number of benzene rings is 1. The Labute approximate surface area is 98.0 Å². The molecule has 0 saturated carbocycles. The van der Waals surface area contributed by atoms with Crippen molar-refractivity contribution in [3.05, 3.63) is 23.8 Å². The molecule has 3 heteroatoms. The van der Waals surface area contributed by atoms with Crippen LogP contribution in [0.5, 0.6) is 0 Å². The lowest BCUT2D eigenvalue weighted by Crippen LogP contribution is -2.13. The van der Waals surface area contributed by atoms with Crippen molar-refractivity contribution >= 4 is 11.4 Å². The van der Waals surface area contributed by atoms with Gasteiger partial charge in [0.25, 0.3) is 0 Å². The summed E-state index contributed by atoms with van der Waals surface area (Å²) in [6.45, 7) is 8.62. The van der Waals surface area contributed by atoms with Crippen LogP contribution in [0.2, 0.25) is 0 Å². The lowest BCUT2D eigenvalue weighted by Gasteiger charge is -2.12. The van der Waals surface area contributed by atoms with Crippen molar-refractivity contribution in [2.45, 2.75) is 20.8 Å². The zero-order chi connectivity index (χ0) is 12.0. The quantitative estimate of drug-likeness (QED) is 0.574. The predicted octanol–water partition coefficient (Wildman–Crippen LogP) is 2.66. The van der Waals surface area contributed by atoms with Crippen LogP contribution in [0.1, 0.15) is 19.4 Å². The van der Waals surface area contributed by atoms with Crippen LogP contribution in [0.15, 0.2) is 18.2 Å². The molecule has 0 radical (unpaired) electrons. The molecular weight excluding hydrogens is 200 g/mol. The number of hydrogen-bond donors (Lipinski definition) is 2. The highest BCUT2D eigenvalue weighted by molar-refractivity contribution is 5.69. The summed E-state index contributed by atoms with van der Waals surface area (Å²) in [7, 11) is 0. The van der Waals surface area contributed by atoms with Crippen LogP contribution in [0.3, 0.4) is 0 Å². The van der Waals surface area contributed by atoms with E-state index in [1.54, 1.807) is 0 Å². The number of nitrogen functional groups attached to an aromatic ring is 1. The first-order valence-electron chi connectivity index (χ1n) is 5.78. The van der Waals surface area contributed by atoms with Crippen LogP contribution >= 0.6 is 0 Å². The fraction of sp³-hybridized carbons (Fsp3) is 0.538. The van der Waals surface area contributed by atoms with E-state index in [-0.39, 0.29) is 0 Å². The van der Waals surface area contributed by atoms with Gasteiger partial charge < -0.3 is 15.8 Å². The lowest BCUT2D eigenvalue weighted by molar-refractivity contribution is 0.118. The van der Waals surface area contributed by atoms with E-state index in [1.807, 2.05) is 25.1 Å². The van der Waals surface area contributed by atoms with Gasteiger partial charge in [0.1, 0.15) is 0 Å². The topological polar surface area (TPSA) is 47.3 Å². The summed E-state index contributed by atoms with van der Waals surface area (Å²) in [5, 5.41) is 3.28. The Morgan fingerprint density at radius 2 is 2.12 bits per heavy atom. The summed E-state index contributed by atoms with van der Waals surface area (Å²) in [6, 6.07) is 6.00. The summed E-state index contributed by atoms with van der Waals surface area (Å²) >= 11 is 0. The van der Waals surface area contributed by atoms with E-state index in [0.717, 1.165) is 30.1 Å². The Morgan fingerprint density at radius 1 is 1.38 bits per heavy atom. The summed E-state index contributed by atoms with van der Waals surface area (Å²) in [4.78, 5) is 0. The molecule has 0 bridgehead atoms. The maximum Gasteiger partial charge on any atom is 0.0639 e. The molecule has 16 heavy (non-hydrogen) atoms. The van der Waals surface area contributed by atoms with Crippen molar-refractivity contribution in [1.82, 2.24) is 0 Å². The van der Waals surface area contributed by atoms with Gasteiger partial charge in [0.05, 0.1) is 18.0 Å². The Bertz CT molecular complexity index is 324. The highest BCUT2D eigenvalue weighted by Crippen LogP contribution is 2.21. The summed E-state index contributed by atoms with van der Waals surface area (Å²) in [6.07, 6.45) is 0. The van der Waals surface area contributed by atoms with E-state index in [4.69, 9.17) is 10.5 Å². The average Bonchev–Trinajstić information content (AvgIpc) is 2.23. The van der Waals surface area contributed by atoms with Crippen molar-refractivity contribution in [1.29, 1.82) is 0 Å². The van der Waals surface area contributed by atoms with Gasteiger partial charge in [-0.3, -0.25) is 0 Å². The van der Waals surface area contributed by atoms with Crippen molar-refractivity contribution in [2.24, 2.45) is 5.92 Å². The van der Waals surface area contributed by atoms with E-state index in [2.05, 4.69) is 19.2 Å². The minimum Gasteiger partial charge on any atom is -0.397 e. The number of nitrogens with one attached hydrogen (secondary N) is 1. The van der Waals surface area contributed by atoms with Gasteiger partial charge in [-0.05, 0) is 24.5 Å². The normalized spacial score (nSPS) is 10.8. The number of rotatable bonds is 6. The average molecular weight is 222 g/mol. The molecule has 3 nitrogen and oxygen atoms in total. The largest absolute Gasteiger partial charge is 0.397 e. The van der Waals surface area contributed by atoms with E-state index < -0.39 is 0 Å². The predicted molar refractivity (Wildman–Crippen MR) is 69.7 cm³/mol. The molecular formula is C13H22N2O. The van der Waals surface area contributed by atoms with E-state index >= 15 is 0 Å². The molecule has 0 heterocycles. The number of ether oxygens (including phenoxy) is 1. The van der Waals surface area contributed by atoms with Gasteiger partial charge in [-0.1, -0.05) is 26.0 Å². The summed E-state index contributed by atoms with van der Waals surface area (Å²) in [5.74, 6) is 0.587. The van der Waals surface area contributed by atoms with Crippen LogP contribution in [0.25, 0.3) is 0 Å². The molecule has 0 aliphatic heterocycles. The van der Waals surface area contributed by atoms with Crippen molar-refractivity contribution < 1.29 is 4.74 Å². The van der Waals surface area contributed by atoms with Crippen molar-refractivity contribution in [3.63, 3.8) is 0 Å². The van der Waals surface area contributed by atoms with Crippen LogP contribution in [-0.2, 0) is 4.74 Å². The summed E-state index contributed by atoms with van der Waals surface area (Å²) < 4.78 is 5.48. The zero-order valence-electron chi connectivity index (χ0n) is 10.4. The Kier molecular flexibility index (Phi) is 5.12. The van der Waals surface area contributed by atoms with Crippen LogP contribution in [0.4, 0.5) is 11.4 Å². The first-order chi connectivity index (χ1) is 7.61. The Hall–Kier alpha value is -1.22. The second-order valence-corrected chi connectivity index (χ2v) is 4.43. The molecule has 0 amide bonds. The third-order valence-electron chi connectivity index (χ3n) is 2.34. The Balaban J connectivity index is 2.29. The SMILES string of the molecule is Cc1cccc(NCCOCC(C)C)c1N. The lowest BCUT2D eigenvalue weighted by atomic mass is 10.2. The molecule has 1 aromatic carbocycles. The van der Waals surface area contributed by atoms with E-state index in [0.29, 0.717) is 12.5 Å². The highest BCUT2D eigenvalue weighted by Gasteiger charge is 2.00. The van der Waals surface area contributed by atoms with Gasteiger partial charge in [0, 0.05) is 13.2 Å². The molecule has 1 rings (SSSR count). The molecule has 0 aromatic heterocycles. The standard InChI is InChI=1S/C13H22N2O/c1-10(2)9-16-8-7-15-12-6-4-5-11(3)13(12)14/h4-6,10,15H,7-9,14H2,1-3H3. The fourth-order valence-electron chi connectivity index (χ4n) is 1.41. The molecule has 0 spiro atoms. The molecule has 0 fully saturated rings. The number of nitrogens with two attached hydrogens (primary N) is 1. The molecule has 90 valence electrons. The van der Waals surface area contributed by atoms with Gasteiger partial charge in [-0.2, -0.15) is 0 Å². The van der Waals surface area contributed by atoms with E-state index in [1.165, 1.54) is 0 Å². The fourth-order valence-corrected chi connectivity index (χ4v) is 1.41. The first kappa shape index (κ1) is 12.8. The number of hydrogen-bond acceptors (Lipinski definition) is 3. The molecule has 3 N–H and O–H groups in total. The monoisotopic (exact) mass is 222 g/mol. The second kappa shape index (κ2) is 6.38. The van der Waals surface area contributed by atoms with Crippen molar-refractivity contribution in [3.8, 4) is 0 Å². The van der Waals surface area contributed by atoms with Gasteiger partial charge in [0.15, 0.2) is 0 Å². The van der Waals surface area contributed by atoms with E-state index in [9.17, 15) is 0 Å². The molecule has 0 aliphatic rings. The third-order valence-corrected chi connectivity index (χ3v) is 2.34. The maximum atomic E-state index is 5.94. The van der Waals surface area contributed by atoms with Gasteiger partial charge >= 0.3 is 0 Å². The number of para-hydroxylation sites is 1. The molecule has 0 unspecified atom stereocenters. The van der Waals surface area contributed by atoms with Crippen LogP contribution in [0, 0.1) is 12.8 Å². The molecule has 1 aromatic rings. The van der Waals surface area contributed by atoms with Gasteiger partial charge in [0.2, 0.25) is 0 Å². The minimum atomic E-state index is 0.587. The third kappa shape index (κ3) is 4.11. The Morgan fingerprint density at radius 3 is 2.81 bits per heavy atom. The van der Waals surface area contributed by atoms with Crippen LogP contribution in [-0.4, -0.2) is 19.8 Å². The first-order valence-corrected chi connectivity index (χ1v) is 5.78. The number of aryl methyl sites for hydroxylation is 1. The zero-order valence-corrected chi connectivity index (χ0v) is 10.4.